The van der Waals surface area contributed by atoms with Crippen LogP contribution >= 0.6 is 0 Å². The van der Waals surface area contributed by atoms with Crippen LogP contribution in [0.5, 0.6) is 11.5 Å². The van der Waals surface area contributed by atoms with Crippen LogP contribution in [-0.2, 0) is 25.6 Å². The molecule has 1 saturated heterocycles. The third-order valence-corrected chi connectivity index (χ3v) is 5.52. The van der Waals surface area contributed by atoms with Crippen molar-refractivity contribution < 1.29 is 38.2 Å². The van der Waals surface area contributed by atoms with Crippen molar-refractivity contribution in [2.45, 2.75) is 45.2 Å². The second-order valence-corrected chi connectivity index (χ2v) is 8.11. The molecule has 34 heavy (non-hydrogen) atoms. The zero-order chi connectivity index (χ0) is 24.5. The molecule has 2 aliphatic heterocycles. The van der Waals surface area contributed by atoms with Crippen molar-refractivity contribution in [2.24, 2.45) is 0 Å². The second-order valence-electron chi connectivity index (χ2n) is 8.11. The fourth-order valence-corrected chi connectivity index (χ4v) is 4.07. The number of hydrogen-bond donors (Lipinski definition) is 0. The molecule has 2 heterocycles. The maximum atomic E-state index is 13.3. The smallest absolute Gasteiger partial charge is 0.413 e. The largest absolute Gasteiger partial charge is 0.464 e. The van der Waals surface area contributed by atoms with Crippen LogP contribution < -0.4 is 9.47 Å². The fourth-order valence-electron chi connectivity index (χ4n) is 4.07. The van der Waals surface area contributed by atoms with E-state index >= 15 is 0 Å². The lowest BCUT2D eigenvalue weighted by atomic mass is 9.97. The van der Waals surface area contributed by atoms with Gasteiger partial charge in [0.2, 0.25) is 6.79 Å². The van der Waals surface area contributed by atoms with Crippen LogP contribution in [0, 0.1) is 10.1 Å². The first-order chi connectivity index (χ1) is 16.2. The maximum Gasteiger partial charge on any atom is 0.413 e. The molecule has 180 valence electrons. The van der Waals surface area contributed by atoms with Gasteiger partial charge in [-0.3, -0.25) is 15.0 Å². The van der Waals surface area contributed by atoms with Gasteiger partial charge in [0.15, 0.2) is 17.6 Å². The number of fused-ring (bicyclic) bond motifs is 1. The van der Waals surface area contributed by atoms with Crippen molar-refractivity contribution >= 4 is 17.7 Å². The molecule has 11 nitrogen and oxygen atoms in total. The van der Waals surface area contributed by atoms with E-state index in [1.807, 2.05) is 18.2 Å². The lowest BCUT2D eigenvalue weighted by molar-refractivity contribution is -0.386. The highest BCUT2D eigenvalue weighted by atomic mass is 16.7. The van der Waals surface area contributed by atoms with Gasteiger partial charge in [0, 0.05) is 0 Å². The number of carbonyl (C=O) groups is 2. The minimum absolute atomic E-state index is 0.0354. The number of hydrogen-bond acceptors (Lipinski definition) is 9. The van der Waals surface area contributed by atoms with Crippen molar-refractivity contribution in [3.63, 3.8) is 0 Å². The van der Waals surface area contributed by atoms with Crippen molar-refractivity contribution in [3.8, 4) is 11.5 Å². The number of rotatable bonds is 6. The first-order valence-corrected chi connectivity index (χ1v) is 10.7. The van der Waals surface area contributed by atoms with Gasteiger partial charge < -0.3 is 23.7 Å². The maximum absolute atomic E-state index is 13.3. The first-order valence-electron chi connectivity index (χ1n) is 10.7. The molecule has 0 aromatic heterocycles. The van der Waals surface area contributed by atoms with Crippen molar-refractivity contribution in [2.75, 3.05) is 13.4 Å². The summed E-state index contributed by atoms with van der Waals surface area (Å²) in [6.45, 7) is 4.69. The molecule has 0 spiro atoms. The van der Waals surface area contributed by atoms with Gasteiger partial charge in [0.1, 0.15) is 18.4 Å². The molecule has 2 aromatic carbocycles. The van der Waals surface area contributed by atoms with E-state index in [0.717, 1.165) is 5.56 Å². The standard InChI is InChI=1S/C23H24N2O9/c1-4-30-21(26)20-19(15-10-17-18(33-13-32-17)11-16(15)25(28)29)24(23(2,3)34-20)22(27)31-12-14-8-6-5-7-9-14/h5-11,19-20H,4,12-13H2,1-3H3/t19-,20+/m0/s1. The van der Waals surface area contributed by atoms with Gasteiger partial charge in [0.05, 0.1) is 23.2 Å². The summed E-state index contributed by atoms with van der Waals surface area (Å²) >= 11 is 0. The Labute approximate surface area is 195 Å². The van der Waals surface area contributed by atoms with E-state index in [1.165, 1.54) is 17.0 Å². The van der Waals surface area contributed by atoms with E-state index in [4.69, 9.17) is 23.7 Å². The van der Waals surface area contributed by atoms with Crippen molar-refractivity contribution in [1.29, 1.82) is 0 Å². The van der Waals surface area contributed by atoms with Crippen molar-refractivity contribution in [1.82, 2.24) is 4.90 Å². The molecule has 0 aliphatic carbocycles. The molecule has 2 aromatic rings. The van der Waals surface area contributed by atoms with E-state index in [-0.39, 0.29) is 42.8 Å². The minimum atomic E-state index is -1.35. The third kappa shape index (κ3) is 4.34. The molecular formula is C23H24N2O9. The predicted molar refractivity (Wildman–Crippen MR) is 116 cm³/mol. The Morgan fingerprint density at radius 2 is 1.82 bits per heavy atom. The highest BCUT2D eigenvalue weighted by molar-refractivity contribution is 5.80. The zero-order valence-corrected chi connectivity index (χ0v) is 18.9. The number of benzene rings is 2. The number of esters is 1. The zero-order valence-electron chi connectivity index (χ0n) is 18.9. The average molecular weight is 472 g/mol. The highest BCUT2D eigenvalue weighted by Gasteiger charge is 2.56. The highest BCUT2D eigenvalue weighted by Crippen LogP contribution is 2.48. The Balaban J connectivity index is 1.77. The number of amides is 1. The van der Waals surface area contributed by atoms with Gasteiger partial charge in [-0.05, 0) is 32.4 Å². The summed E-state index contributed by atoms with van der Waals surface area (Å²) < 4.78 is 27.2. The molecule has 11 heteroatoms. The van der Waals surface area contributed by atoms with E-state index in [0.29, 0.717) is 0 Å². The topological polar surface area (TPSA) is 127 Å². The second kappa shape index (κ2) is 9.18. The van der Waals surface area contributed by atoms with Crippen molar-refractivity contribution in [3.05, 3.63) is 63.7 Å². The summed E-state index contributed by atoms with van der Waals surface area (Å²) in [7, 11) is 0. The molecule has 4 rings (SSSR count). The molecule has 0 bridgehead atoms. The summed E-state index contributed by atoms with van der Waals surface area (Å²) in [4.78, 5) is 38.6. The van der Waals surface area contributed by atoms with Crippen LogP contribution in [0.15, 0.2) is 42.5 Å². The third-order valence-electron chi connectivity index (χ3n) is 5.52. The summed E-state index contributed by atoms with van der Waals surface area (Å²) in [6.07, 6.45) is -2.14. The van der Waals surface area contributed by atoms with Crippen LogP contribution in [0.25, 0.3) is 0 Å². The molecule has 0 N–H and O–H groups in total. The van der Waals surface area contributed by atoms with E-state index in [9.17, 15) is 19.7 Å². The molecular weight excluding hydrogens is 448 g/mol. The lowest BCUT2D eigenvalue weighted by Crippen LogP contribution is -2.45. The Bertz CT molecular complexity index is 1100. The quantitative estimate of drug-likeness (QED) is 0.351. The normalized spacial score (nSPS) is 20.1. The number of carbonyl (C=O) groups excluding carboxylic acids is 2. The SMILES string of the molecule is CCOC(=O)[C@@H]1OC(C)(C)N(C(=O)OCc2ccccc2)[C@H]1c1cc2c(cc1[N+](=O)[O-])OCO2. The Morgan fingerprint density at radius 3 is 2.47 bits per heavy atom. The van der Waals surface area contributed by atoms with E-state index in [1.54, 1.807) is 32.9 Å². The number of nitrogens with zero attached hydrogens (tertiary/aromatic N) is 2. The molecule has 1 fully saturated rings. The molecule has 0 saturated carbocycles. The van der Waals surface area contributed by atoms with E-state index in [2.05, 4.69) is 0 Å². The van der Waals surface area contributed by atoms with Gasteiger partial charge >= 0.3 is 12.1 Å². The molecule has 1 amide bonds. The number of ether oxygens (including phenoxy) is 5. The number of nitro benzene ring substituents is 1. The van der Waals surface area contributed by atoms with Gasteiger partial charge in [-0.2, -0.15) is 0 Å². The van der Waals surface area contributed by atoms with Gasteiger partial charge in [-0.25, -0.2) is 9.59 Å². The van der Waals surface area contributed by atoms with Gasteiger partial charge in [-0.1, -0.05) is 30.3 Å². The van der Waals surface area contributed by atoms with Crippen LogP contribution in [0.4, 0.5) is 10.5 Å². The predicted octanol–water partition coefficient (Wildman–Crippen LogP) is 3.70. The summed E-state index contributed by atoms with van der Waals surface area (Å²) in [6, 6.07) is 10.4. The molecule has 2 aliphatic rings. The molecule has 0 radical (unpaired) electrons. The van der Waals surface area contributed by atoms with Gasteiger partial charge in [0.25, 0.3) is 5.69 Å². The summed E-state index contributed by atoms with van der Waals surface area (Å²) in [5, 5.41) is 11.9. The van der Waals surface area contributed by atoms with Crippen LogP contribution in [-0.4, -0.2) is 47.1 Å². The molecule has 2 atom stereocenters. The Morgan fingerprint density at radius 1 is 1.15 bits per heavy atom. The van der Waals surface area contributed by atoms with Crippen LogP contribution in [0.3, 0.4) is 0 Å². The first kappa shape index (κ1) is 23.3. The minimum Gasteiger partial charge on any atom is -0.464 e. The van der Waals surface area contributed by atoms with Crippen LogP contribution in [0.2, 0.25) is 0 Å². The Hall–Kier alpha value is -3.86. The summed E-state index contributed by atoms with van der Waals surface area (Å²) in [5.41, 5.74) is -0.915. The fraction of sp³-hybridized carbons (Fsp3) is 0.391. The van der Waals surface area contributed by atoms with Crippen LogP contribution in [0.1, 0.15) is 37.9 Å². The number of nitro groups is 1. The van der Waals surface area contributed by atoms with E-state index < -0.39 is 34.9 Å². The average Bonchev–Trinajstić information content (AvgIpc) is 3.38. The lowest BCUT2D eigenvalue weighted by Gasteiger charge is -2.32. The Kier molecular flexibility index (Phi) is 6.29. The molecule has 0 unspecified atom stereocenters. The van der Waals surface area contributed by atoms with Gasteiger partial charge in [-0.15, -0.1) is 0 Å². The summed E-state index contributed by atoms with van der Waals surface area (Å²) in [5.74, 6) is -0.309. The monoisotopic (exact) mass is 472 g/mol.